The Morgan fingerprint density at radius 3 is 2.38 bits per heavy atom. The van der Waals surface area contributed by atoms with Crippen LogP contribution >= 0.6 is 11.6 Å². The fourth-order valence-corrected chi connectivity index (χ4v) is 4.87. The van der Waals surface area contributed by atoms with Crippen molar-refractivity contribution in [1.29, 1.82) is 0 Å². The second kappa shape index (κ2) is 9.61. The van der Waals surface area contributed by atoms with Crippen LogP contribution in [0.2, 0.25) is 5.02 Å². The summed E-state index contributed by atoms with van der Waals surface area (Å²) < 4.78 is 33.1. The van der Waals surface area contributed by atoms with Crippen LogP contribution in [0.15, 0.2) is 53.4 Å². The molecule has 1 amide bonds. The van der Waals surface area contributed by atoms with Crippen molar-refractivity contribution in [3.63, 3.8) is 0 Å². The SMILES string of the molecule is C[C@@H](Oc1ccc(Cl)cc1)C(=O)Nc1cccc(S(=O)(=O)N2CCCCCC2)c1. The van der Waals surface area contributed by atoms with Crippen LogP contribution in [-0.4, -0.2) is 37.8 Å². The van der Waals surface area contributed by atoms with Gasteiger partial charge in [-0.05, 0) is 62.2 Å². The summed E-state index contributed by atoms with van der Waals surface area (Å²) in [6.45, 7) is 2.69. The van der Waals surface area contributed by atoms with Gasteiger partial charge in [-0.25, -0.2) is 8.42 Å². The molecular weight excluding hydrogens is 412 g/mol. The number of nitrogens with zero attached hydrogens (tertiary/aromatic N) is 1. The molecule has 1 N–H and O–H groups in total. The first-order valence-electron chi connectivity index (χ1n) is 9.69. The normalized spacial score (nSPS) is 16.6. The van der Waals surface area contributed by atoms with Gasteiger partial charge in [-0.15, -0.1) is 0 Å². The summed E-state index contributed by atoms with van der Waals surface area (Å²) in [5, 5.41) is 3.31. The standard InChI is InChI=1S/C21H25ClN2O4S/c1-16(28-19-11-9-17(22)10-12-19)21(25)23-18-7-6-8-20(15-18)29(26,27)24-13-4-2-3-5-14-24/h6-12,15-16H,2-5,13-14H2,1H3,(H,23,25)/t16-/m1/s1. The molecule has 0 radical (unpaired) electrons. The molecule has 3 rings (SSSR count). The third-order valence-corrected chi connectivity index (χ3v) is 6.95. The summed E-state index contributed by atoms with van der Waals surface area (Å²) in [6.07, 6.45) is 3.08. The lowest BCUT2D eigenvalue weighted by Crippen LogP contribution is -2.32. The Bertz CT molecular complexity index is 939. The monoisotopic (exact) mass is 436 g/mol. The summed E-state index contributed by atoms with van der Waals surface area (Å²) >= 11 is 5.85. The molecule has 1 aliphatic rings. The molecule has 1 fully saturated rings. The predicted octanol–water partition coefficient (Wildman–Crippen LogP) is 4.31. The summed E-state index contributed by atoms with van der Waals surface area (Å²) in [6, 6.07) is 13.1. The van der Waals surface area contributed by atoms with Crippen LogP contribution in [0.25, 0.3) is 0 Å². The first kappa shape index (κ1) is 21.6. The van der Waals surface area contributed by atoms with Gasteiger partial charge in [0.1, 0.15) is 5.75 Å². The third-order valence-electron chi connectivity index (χ3n) is 4.80. The predicted molar refractivity (Wildman–Crippen MR) is 114 cm³/mol. The lowest BCUT2D eigenvalue weighted by molar-refractivity contribution is -0.122. The number of carbonyl (C=O) groups excluding carboxylic acids is 1. The number of sulfonamides is 1. The lowest BCUT2D eigenvalue weighted by Gasteiger charge is -2.20. The maximum absolute atomic E-state index is 13.0. The fraction of sp³-hybridized carbons (Fsp3) is 0.381. The van der Waals surface area contributed by atoms with Crippen molar-refractivity contribution < 1.29 is 17.9 Å². The van der Waals surface area contributed by atoms with E-state index < -0.39 is 16.1 Å². The minimum Gasteiger partial charge on any atom is -0.481 e. The number of ether oxygens (including phenoxy) is 1. The topological polar surface area (TPSA) is 75.7 Å². The van der Waals surface area contributed by atoms with Crippen molar-refractivity contribution in [3.05, 3.63) is 53.6 Å². The van der Waals surface area contributed by atoms with E-state index in [0.29, 0.717) is 29.5 Å². The van der Waals surface area contributed by atoms with Crippen LogP contribution in [0.4, 0.5) is 5.69 Å². The third kappa shape index (κ3) is 5.72. The van der Waals surface area contributed by atoms with Crippen molar-refractivity contribution in [2.75, 3.05) is 18.4 Å². The average Bonchev–Trinajstić information content (AvgIpc) is 3.00. The number of hydrogen-bond acceptors (Lipinski definition) is 4. The largest absolute Gasteiger partial charge is 0.481 e. The molecule has 6 nitrogen and oxygen atoms in total. The highest BCUT2D eigenvalue weighted by molar-refractivity contribution is 7.89. The van der Waals surface area contributed by atoms with Gasteiger partial charge in [0, 0.05) is 23.8 Å². The van der Waals surface area contributed by atoms with Crippen molar-refractivity contribution in [2.45, 2.75) is 43.6 Å². The molecule has 1 saturated heterocycles. The molecule has 0 aromatic heterocycles. The molecule has 2 aromatic rings. The number of nitrogens with one attached hydrogen (secondary N) is 1. The zero-order chi connectivity index (χ0) is 20.9. The van der Waals surface area contributed by atoms with Crippen molar-refractivity contribution in [2.24, 2.45) is 0 Å². The van der Waals surface area contributed by atoms with Crippen LogP contribution in [-0.2, 0) is 14.8 Å². The van der Waals surface area contributed by atoms with E-state index in [-0.39, 0.29) is 10.8 Å². The van der Waals surface area contributed by atoms with Crippen LogP contribution in [0.3, 0.4) is 0 Å². The second-order valence-corrected chi connectivity index (χ2v) is 9.42. The minimum atomic E-state index is -3.58. The van der Waals surface area contributed by atoms with Gasteiger partial charge in [0.05, 0.1) is 4.90 Å². The summed E-state index contributed by atoms with van der Waals surface area (Å²) in [5.74, 6) is 0.152. The number of rotatable bonds is 6. The maximum Gasteiger partial charge on any atom is 0.265 e. The lowest BCUT2D eigenvalue weighted by atomic mass is 10.2. The number of amides is 1. The van der Waals surface area contributed by atoms with E-state index in [2.05, 4.69) is 5.32 Å². The molecule has 0 saturated carbocycles. The highest BCUT2D eigenvalue weighted by atomic mass is 35.5. The number of anilines is 1. The van der Waals surface area contributed by atoms with Crippen LogP contribution < -0.4 is 10.1 Å². The van der Waals surface area contributed by atoms with E-state index in [1.165, 1.54) is 10.4 Å². The van der Waals surface area contributed by atoms with Crippen molar-refractivity contribution in [3.8, 4) is 5.75 Å². The van der Waals surface area contributed by atoms with Gasteiger partial charge < -0.3 is 10.1 Å². The molecule has 8 heteroatoms. The highest BCUT2D eigenvalue weighted by Crippen LogP contribution is 2.23. The molecule has 2 aromatic carbocycles. The Morgan fingerprint density at radius 1 is 1.07 bits per heavy atom. The van der Waals surface area contributed by atoms with E-state index >= 15 is 0 Å². The van der Waals surface area contributed by atoms with Crippen molar-refractivity contribution >= 4 is 33.2 Å². The van der Waals surface area contributed by atoms with Crippen molar-refractivity contribution in [1.82, 2.24) is 4.31 Å². The van der Waals surface area contributed by atoms with E-state index in [0.717, 1.165) is 25.7 Å². The molecule has 0 spiro atoms. The molecule has 0 bridgehead atoms. The Kier molecular flexibility index (Phi) is 7.16. The Hall–Kier alpha value is -2.09. The summed E-state index contributed by atoms with van der Waals surface area (Å²) in [5.41, 5.74) is 0.414. The molecule has 0 aliphatic carbocycles. The maximum atomic E-state index is 13.0. The molecule has 1 heterocycles. The van der Waals surface area contributed by atoms with Crippen LogP contribution in [0.5, 0.6) is 5.75 Å². The van der Waals surface area contributed by atoms with Crippen LogP contribution in [0, 0.1) is 0 Å². The minimum absolute atomic E-state index is 0.184. The number of hydrogen-bond donors (Lipinski definition) is 1. The van der Waals surface area contributed by atoms with E-state index in [1.807, 2.05) is 0 Å². The average molecular weight is 437 g/mol. The number of carbonyl (C=O) groups is 1. The fourth-order valence-electron chi connectivity index (χ4n) is 3.18. The van der Waals surface area contributed by atoms with Gasteiger partial charge in [0.15, 0.2) is 6.10 Å². The Balaban J connectivity index is 1.68. The number of halogens is 1. The second-order valence-electron chi connectivity index (χ2n) is 7.05. The smallest absolute Gasteiger partial charge is 0.265 e. The number of benzene rings is 2. The molecule has 1 atom stereocenters. The molecule has 29 heavy (non-hydrogen) atoms. The van der Waals surface area contributed by atoms with Gasteiger partial charge >= 0.3 is 0 Å². The first-order chi connectivity index (χ1) is 13.9. The molecule has 1 aliphatic heterocycles. The summed E-state index contributed by atoms with van der Waals surface area (Å²) in [4.78, 5) is 12.7. The van der Waals surface area contributed by atoms with Gasteiger partial charge in [0.25, 0.3) is 5.91 Å². The van der Waals surface area contributed by atoms with Gasteiger partial charge in [-0.2, -0.15) is 4.31 Å². The van der Waals surface area contributed by atoms with E-state index in [1.54, 1.807) is 49.4 Å². The Labute approximate surface area is 176 Å². The molecule has 0 unspecified atom stereocenters. The quantitative estimate of drug-likeness (QED) is 0.732. The van der Waals surface area contributed by atoms with E-state index in [9.17, 15) is 13.2 Å². The molecular formula is C21H25ClN2O4S. The van der Waals surface area contributed by atoms with Gasteiger partial charge in [-0.1, -0.05) is 30.5 Å². The Morgan fingerprint density at radius 2 is 1.72 bits per heavy atom. The zero-order valence-electron chi connectivity index (χ0n) is 16.3. The highest BCUT2D eigenvalue weighted by Gasteiger charge is 2.25. The van der Waals surface area contributed by atoms with Gasteiger partial charge in [-0.3, -0.25) is 4.79 Å². The van der Waals surface area contributed by atoms with Crippen LogP contribution in [0.1, 0.15) is 32.6 Å². The molecule has 156 valence electrons. The van der Waals surface area contributed by atoms with E-state index in [4.69, 9.17) is 16.3 Å². The summed E-state index contributed by atoms with van der Waals surface area (Å²) in [7, 11) is -3.58. The van der Waals surface area contributed by atoms with Gasteiger partial charge in [0.2, 0.25) is 10.0 Å². The zero-order valence-corrected chi connectivity index (χ0v) is 17.9. The first-order valence-corrected chi connectivity index (χ1v) is 11.5.